The van der Waals surface area contributed by atoms with Crippen molar-refractivity contribution in [2.45, 2.75) is 151 Å². The molecule has 2 spiro atoms. The average Bonchev–Trinajstić information content (AvgIpc) is 3.69. The van der Waals surface area contributed by atoms with Gasteiger partial charge < -0.3 is 15.7 Å². The van der Waals surface area contributed by atoms with E-state index in [0.717, 1.165) is 32.1 Å². The summed E-state index contributed by atoms with van der Waals surface area (Å²) in [6, 6.07) is -1.29. The lowest BCUT2D eigenvalue weighted by Crippen LogP contribution is -2.50. The molecule has 3 saturated carbocycles. The molecule has 4 fully saturated rings. The maximum atomic E-state index is 14.6. The van der Waals surface area contributed by atoms with Crippen LogP contribution in [-0.2, 0) is 19.2 Å². The van der Waals surface area contributed by atoms with Crippen LogP contribution >= 0.6 is 0 Å². The molecule has 1 aliphatic heterocycles. The summed E-state index contributed by atoms with van der Waals surface area (Å²) >= 11 is 0. The monoisotopic (exact) mass is 600 g/mol. The lowest BCUT2D eigenvalue weighted by Gasteiger charge is -2.37. The van der Waals surface area contributed by atoms with Gasteiger partial charge in [0.05, 0.1) is 12.1 Å². The van der Waals surface area contributed by atoms with Gasteiger partial charge in [0.25, 0.3) is 0 Å². The van der Waals surface area contributed by atoms with Gasteiger partial charge in [0.15, 0.2) is 17.3 Å². The summed E-state index contributed by atoms with van der Waals surface area (Å²) in [6.07, 6.45) is 6.87. The van der Waals surface area contributed by atoms with E-state index in [9.17, 15) is 24.3 Å². The van der Waals surface area contributed by atoms with Crippen molar-refractivity contribution in [3.05, 3.63) is 0 Å². The molecule has 4 rings (SSSR count). The van der Waals surface area contributed by atoms with Crippen LogP contribution in [0, 0.1) is 44.8 Å². The smallest absolute Gasteiger partial charge is 0.227 e. The first kappa shape index (κ1) is 34.3. The number of fused-ring (bicyclic) bond motifs is 1. The zero-order valence-corrected chi connectivity index (χ0v) is 28.6. The number of rotatable bonds is 13. The van der Waals surface area contributed by atoms with E-state index in [1.807, 2.05) is 53.4 Å². The minimum Gasteiger partial charge on any atom is -0.385 e. The molecule has 6 atom stereocenters. The molecule has 0 aromatic carbocycles. The minimum atomic E-state index is -1.14. The largest absolute Gasteiger partial charge is 0.385 e. The molecule has 3 aliphatic carbocycles. The van der Waals surface area contributed by atoms with Gasteiger partial charge >= 0.3 is 0 Å². The second-order valence-electron chi connectivity index (χ2n) is 17.5. The third-order valence-electron chi connectivity index (χ3n) is 12.6. The van der Waals surface area contributed by atoms with Gasteiger partial charge in [0.2, 0.25) is 5.91 Å². The summed E-state index contributed by atoms with van der Waals surface area (Å²) in [5, 5.41) is 11.1. The number of hydrogen-bond donors (Lipinski definition) is 2. The van der Waals surface area contributed by atoms with Gasteiger partial charge in [-0.2, -0.15) is 0 Å². The number of ketones is 3. The first-order valence-electron chi connectivity index (χ1n) is 17.1. The number of aliphatic hydroxyl groups excluding tert-OH is 1. The van der Waals surface area contributed by atoms with Gasteiger partial charge in [0, 0.05) is 37.1 Å². The van der Waals surface area contributed by atoms with Crippen LogP contribution in [0.3, 0.4) is 0 Å². The van der Waals surface area contributed by atoms with Crippen LogP contribution in [0.5, 0.6) is 0 Å². The molecule has 7 heteroatoms. The van der Waals surface area contributed by atoms with Crippen LogP contribution in [0.2, 0.25) is 0 Å². The van der Waals surface area contributed by atoms with Crippen molar-refractivity contribution >= 4 is 23.3 Å². The van der Waals surface area contributed by atoms with E-state index >= 15 is 0 Å². The van der Waals surface area contributed by atoms with Crippen molar-refractivity contribution in [3.8, 4) is 0 Å². The maximum absolute atomic E-state index is 14.6. The van der Waals surface area contributed by atoms with Gasteiger partial charge in [-0.3, -0.25) is 19.2 Å². The zero-order valence-electron chi connectivity index (χ0n) is 28.6. The van der Waals surface area contributed by atoms with Crippen molar-refractivity contribution in [1.82, 2.24) is 4.90 Å². The fraction of sp³-hybridized carbons (Fsp3) is 0.889. The zero-order chi connectivity index (χ0) is 32.3. The number of amides is 1. The molecular weight excluding hydrogens is 540 g/mol. The van der Waals surface area contributed by atoms with Gasteiger partial charge in [0.1, 0.15) is 6.10 Å². The highest BCUT2D eigenvalue weighted by molar-refractivity contribution is 5.95. The molecule has 0 bridgehead atoms. The Kier molecular flexibility index (Phi) is 9.28. The first-order chi connectivity index (χ1) is 19.7. The Morgan fingerprint density at radius 3 is 1.98 bits per heavy atom. The van der Waals surface area contributed by atoms with Crippen molar-refractivity contribution in [2.75, 3.05) is 6.54 Å². The molecule has 0 aromatic rings. The first-order valence-corrected chi connectivity index (χ1v) is 17.1. The Labute approximate surface area is 260 Å². The summed E-state index contributed by atoms with van der Waals surface area (Å²) in [7, 11) is 0. The molecular formula is C36H60N2O5. The molecule has 1 saturated heterocycles. The van der Waals surface area contributed by atoms with Crippen LogP contribution < -0.4 is 5.73 Å². The highest BCUT2D eigenvalue weighted by Crippen LogP contribution is 2.88. The van der Waals surface area contributed by atoms with E-state index in [1.54, 1.807) is 0 Å². The summed E-state index contributed by atoms with van der Waals surface area (Å²) < 4.78 is 0. The summed E-state index contributed by atoms with van der Waals surface area (Å²) in [5.41, 5.74) is 5.49. The molecule has 3 N–H and O–H groups in total. The van der Waals surface area contributed by atoms with Gasteiger partial charge in [-0.15, -0.1) is 0 Å². The van der Waals surface area contributed by atoms with Crippen molar-refractivity contribution in [1.29, 1.82) is 0 Å². The highest BCUT2D eigenvalue weighted by atomic mass is 16.3. The predicted octanol–water partition coefficient (Wildman–Crippen LogP) is 5.88. The Balaban J connectivity index is 1.62. The fourth-order valence-electron chi connectivity index (χ4n) is 9.02. The Morgan fingerprint density at radius 1 is 0.930 bits per heavy atom. The van der Waals surface area contributed by atoms with E-state index in [-0.39, 0.29) is 52.3 Å². The van der Waals surface area contributed by atoms with E-state index in [4.69, 9.17) is 5.73 Å². The van der Waals surface area contributed by atoms with Crippen LogP contribution in [0.1, 0.15) is 133 Å². The van der Waals surface area contributed by atoms with E-state index in [2.05, 4.69) is 13.8 Å². The fourth-order valence-corrected chi connectivity index (χ4v) is 9.02. The van der Waals surface area contributed by atoms with Crippen LogP contribution in [0.25, 0.3) is 0 Å². The van der Waals surface area contributed by atoms with Gasteiger partial charge in [-0.25, -0.2) is 0 Å². The molecule has 7 nitrogen and oxygen atoms in total. The van der Waals surface area contributed by atoms with Crippen LogP contribution in [0.4, 0.5) is 0 Å². The molecule has 43 heavy (non-hydrogen) atoms. The quantitative estimate of drug-likeness (QED) is 0.272. The number of nitrogens with two attached hydrogens (primary N) is 1. The topological polar surface area (TPSA) is 118 Å². The van der Waals surface area contributed by atoms with Gasteiger partial charge in [-0.1, -0.05) is 75.2 Å². The predicted molar refractivity (Wildman–Crippen MR) is 169 cm³/mol. The Morgan fingerprint density at radius 2 is 1.53 bits per heavy atom. The van der Waals surface area contributed by atoms with E-state index < -0.39 is 40.9 Å². The number of hydrogen-bond acceptors (Lipinski definition) is 6. The number of aliphatic hydroxyl groups is 1. The minimum absolute atomic E-state index is 0.0238. The summed E-state index contributed by atoms with van der Waals surface area (Å²) in [5.74, 6) is -1.12. The Bertz CT molecular complexity index is 1110. The SMILES string of the molecule is CCC[C@H](CC(=O)[C@@H]1C[C@@]2(CN1C(=O)[C@@H](CC(=O)[C@@H](N)C(C)(C)C)C(C)(C)C)C(C)(C)C21CCC1)C(O)C(=O)CC1CC1. The second kappa shape index (κ2) is 11.6. The van der Waals surface area contributed by atoms with Crippen LogP contribution in [-0.4, -0.2) is 58.0 Å². The van der Waals surface area contributed by atoms with E-state index in [0.29, 0.717) is 31.7 Å². The Hall–Kier alpha value is -1.60. The van der Waals surface area contributed by atoms with E-state index in [1.165, 1.54) is 6.42 Å². The number of likely N-dealkylation sites (tertiary alicyclic amines) is 1. The second-order valence-corrected chi connectivity index (χ2v) is 17.5. The molecule has 4 aliphatic rings. The van der Waals surface area contributed by atoms with Crippen molar-refractivity contribution in [2.24, 2.45) is 50.6 Å². The molecule has 0 radical (unpaired) electrons. The molecule has 1 heterocycles. The summed E-state index contributed by atoms with van der Waals surface area (Å²) in [6.45, 7) is 18.9. The lowest BCUT2D eigenvalue weighted by atomic mass is 9.73. The summed E-state index contributed by atoms with van der Waals surface area (Å²) in [4.78, 5) is 57.0. The third kappa shape index (κ3) is 6.03. The number of carbonyl (C=O) groups excluding carboxylic acids is 4. The standard InChI is InChI=1S/C36H60N2O5/c1-10-12-23(29(42)27(40)17-22-13-14-22)18-26(39)25-20-36(34(8,9)35(36)15-11-16-35)21-38(25)31(43)24(32(2,3)4)19-28(41)30(37)33(5,6)7/h22-25,29-30,42H,10-21,37H2,1-9H3/t23-,24-,25+,29?,30-,36-/m1/s1. The van der Waals surface area contributed by atoms with Gasteiger partial charge in [-0.05, 0) is 72.0 Å². The van der Waals surface area contributed by atoms with Crippen molar-refractivity contribution in [3.63, 3.8) is 0 Å². The van der Waals surface area contributed by atoms with Crippen molar-refractivity contribution < 1.29 is 24.3 Å². The third-order valence-corrected chi connectivity index (χ3v) is 12.6. The molecule has 244 valence electrons. The maximum Gasteiger partial charge on any atom is 0.227 e. The highest BCUT2D eigenvalue weighted by Gasteiger charge is 2.85. The lowest BCUT2D eigenvalue weighted by molar-refractivity contribution is -0.147. The molecule has 1 amide bonds. The number of nitrogens with zero attached hydrogens (tertiary/aromatic N) is 1. The van der Waals surface area contributed by atoms with Crippen LogP contribution in [0.15, 0.2) is 0 Å². The molecule has 0 aromatic heterocycles. The normalized spacial score (nSPS) is 28.7. The number of carbonyl (C=O) groups is 4. The number of Topliss-reactive ketones (excluding diaryl/α,β-unsaturated/α-hetero) is 3. The average molecular weight is 601 g/mol. The molecule has 1 unspecified atom stereocenters.